The summed E-state index contributed by atoms with van der Waals surface area (Å²) in [6, 6.07) is 5.78. The monoisotopic (exact) mass is 243 g/mol. The molecule has 1 unspecified atom stereocenters. The second kappa shape index (κ2) is 4.44. The predicted molar refractivity (Wildman–Crippen MR) is 69.5 cm³/mol. The molecule has 2 aromatic rings. The highest BCUT2D eigenvalue weighted by molar-refractivity contribution is 5.93. The summed E-state index contributed by atoms with van der Waals surface area (Å²) in [7, 11) is 0. The number of carbonyl (C=O) groups excluding carboxylic acids is 1. The van der Waals surface area contributed by atoms with Gasteiger partial charge in [0.25, 0.3) is 5.91 Å². The van der Waals surface area contributed by atoms with E-state index >= 15 is 0 Å². The van der Waals surface area contributed by atoms with Gasteiger partial charge in [0.2, 0.25) is 0 Å². The maximum Gasteiger partial charge on any atom is 0.274 e. The lowest BCUT2D eigenvalue weighted by atomic mass is 10.0. The second-order valence-corrected chi connectivity index (χ2v) is 5.09. The highest BCUT2D eigenvalue weighted by Gasteiger charge is 2.23. The van der Waals surface area contributed by atoms with Gasteiger partial charge >= 0.3 is 0 Å². The van der Waals surface area contributed by atoms with E-state index in [0.29, 0.717) is 11.6 Å². The van der Waals surface area contributed by atoms with Gasteiger partial charge < -0.3 is 9.30 Å². The number of amides is 1. The molecule has 18 heavy (non-hydrogen) atoms. The van der Waals surface area contributed by atoms with Gasteiger partial charge in [0.1, 0.15) is 11.3 Å². The molecule has 0 aromatic carbocycles. The summed E-state index contributed by atoms with van der Waals surface area (Å²) in [5.74, 6) is 0.657. The van der Waals surface area contributed by atoms with Crippen LogP contribution in [0.25, 0.3) is 5.65 Å². The molecule has 4 heteroatoms. The second-order valence-electron chi connectivity index (χ2n) is 5.09. The van der Waals surface area contributed by atoms with E-state index in [1.807, 2.05) is 39.9 Å². The minimum absolute atomic E-state index is 0.0604. The topological polar surface area (TPSA) is 37.6 Å². The predicted octanol–water partition coefficient (Wildman–Crippen LogP) is 2.21. The van der Waals surface area contributed by atoms with Crippen molar-refractivity contribution in [3.8, 4) is 0 Å². The molecule has 1 aliphatic rings. The zero-order chi connectivity index (χ0) is 12.5. The van der Waals surface area contributed by atoms with E-state index in [4.69, 9.17) is 0 Å². The van der Waals surface area contributed by atoms with Crippen molar-refractivity contribution in [2.24, 2.45) is 5.92 Å². The van der Waals surface area contributed by atoms with E-state index in [1.54, 1.807) is 0 Å². The lowest BCUT2D eigenvalue weighted by Crippen LogP contribution is -2.39. The minimum atomic E-state index is 0.0604. The first kappa shape index (κ1) is 11.3. The quantitative estimate of drug-likeness (QED) is 0.770. The summed E-state index contributed by atoms with van der Waals surface area (Å²) in [6.07, 6.45) is 6.05. The number of fused-ring (bicyclic) bond motifs is 1. The van der Waals surface area contributed by atoms with Crippen molar-refractivity contribution in [2.75, 3.05) is 13.1 Å². The summed E-state index contributed by atoms with van der Waals surface area (Å²) >= 11 is 0. The third-order valence-electron chi connectivity index (χ3n) is 3.53. The van der Waals surface area contributed by atoms with Crippen LogP contribution in [0.4, 0.5) is 0 Å². The van der Waals surface area contributed by atoms with E-state index in [9.17, 15) is 4.79 Å². The molecule has 0 N–H and O–H groups in total. The van der Waals surface area contributed by atoms with Gasteiger partial charge in [0, 0.05) is 25.5 Å². The van der Waals surface area contributed by atoms with Crippen LogP contribution in [0.3, 0.4) is 0 Å². The van der Waals surface area contributed by atoms with Crippen LogP contribution in [-0.4, -0.2) is 33.3 Å². The molecule has 1 atom stereocenters. The summed E-state index contributed by atoms with van der Waals surface area (Å²) < 4.78 is 1.89. The Morgan fingerprint density at radius 3 is 3.11 bits per heavy atom. The molecule has 1 fully saturated rings. The minimum Gasteiger partial charge on any atom is -0.337 e. The number of pyridine rings is 1. The summed E-state index contributed by atoms with van der Waals surface area (Å²) in [6.45, 7) is 3.91. The number of aromatic nitrogens is 2. The molecule has 3 rings (SSSR count). The van der Waals surface area contributed by atoms with Crippen LogP contribution in [0.2, 0.25) is 0 Å². The van der Waals surface area contributed by atoms with Gasteiger partial charge in [-0.1, -0.05) is 13.0 Å². The van der Waals surface area contributed by atoms with Gasteiger partial charge in [-0.05, 0) is 30.9 Å². The Hall–Kier alpha value is -1.84. The highest BCUT2D eigenvalue weighted by Crippen LogP contribution is 2.17. The van der Waals surface area contributed by atoms with E-state index < -0.39 is 0 Å². The fourth-order valence-electron chi connectivity index (χ4n) is 2.57. The zero-order valence-electron chi connectivity index (χ0n) is 10.5. The fraction of sp³-hybridized carbons (Fsp3) is 0.429. The fourth-order valence-corrected chi connectivity index (χ4v) is 2.57. The van der Waals surface area contributed by atoms with Crippen LogP contribution >= 0.6 is 0 Å². The maximum atomic E-state index is 12.4. The average molecular weight is 243 g/mol. The summed E-state index contributed by atoms with van der Waals surface area (Å²) in [4.78, 5) is 18.7. The molecule has 0 bridgehead atoms. The van der Waals surface area contributed by atoms with Crippen LogP contribution < -0.4 is 0 Å². The molecule has 4 nitrogen and oxygen atoms in total. The van der Waals surface area contributed by atoms with Crippen LogP contribution in [0.1, 0.15) is 30.3 Å². The van der Waals surface area contributed by atoms with Gasteiger partial charge in [0.15, 0.2) is 0 Å². The molecule has 3 heterocycles. The number of likely N-dealkylation sites (tertiary alicyclic amines) is 1. The van der Waals surface area contributed by atoms with E-state index in [2.05, 4.69) is 11.9 Å². The Kier molecular flexibility index (Phi) is 2.78. The molecule has 1 aliphatic heterocycles. The largest absolute Gasteiger partial charge is 0.337 e. The number of rotatable bonds is 1. The smallest absolute Gasteiger partial charge is 0.274 e. The Morgan fingerprint density at radius 1 is 1.44 bits per heavy atom. The molecule has 0 spiro atoms. The standard InChI is InChI=1S/C14H17N3O/c1-11-5-4-8-17(9-11)14(18)12-10-16-7-3-2-6-13(16)15-12/h2-3,6-7,10-11H,4-5,8-9H2,1H3. The first-order valence-corrected chi connectivity index (χ1v) is 6.47. The van der Waals surface area contributed by atoms with Crippen molar-refractivity contribution in [1.29, 1.82) is 0 Å². The van der Waals surface area contributed by atoms with Gasteiger partial charge in [-0.2, -0.15) is 0 Å². The number of carbonyl (C=O) groups is 1. The molecular weight excluding hydrogens is 226 g/mol. The van der Waals surface area contributed by atoms with Gasteiger partial charge in [-0.15, -0.1) is 0 Å². The highest BCUT2D eigenvalue weighted by atomic mass is 16.2. The van der Waals surface area contributed by atoms with E-state index in [0.717, 1.165) is 25.2 Å². The SMILES string of the molecule is CC1CCCN(C(=O)c2cn3ccccc3n2)C1. The Bertz CT molecular complexity index is 542. The van der Waals surface area contributed by atoms with Gasteiger partial charge in [0.05, 0.1) is 0 Å². The number of hydrogen-bond donors (Lipinski definition) is 0. The zero-order valence-corrected chi connectivity index (χ0v) is 10.5. The van der Waals surface area contributed by atoms with Crippen LogP contribution in [0.15, 0.2) is 30.6 Å². The van der Waals surface area contributed by atoms with Gasteiger partial charge in [-0.25, -0.2) is 4.98 Å². The molecule has 0 radical (unpaired) electrons. The molecular formula is C14H17N3O. The molecule has 94 valence electrons. The number of nitrogens with zero attached hydrogens (tertiary/aromatic N) is 3. The van der Waals surface area contributed by atoms with Crippen molar-refractivity contribution >= 4 is 11.6 Å². The summed E-state index contributed by atoms with van der Waals surface area (Å²) in [5, 5.41) is 0. The molecule has 1 amide bonds. The average Bonchev–Trinajstić information content (AvgIpc) is 2.81. The third kappa shape index (κ3) is 1.98. The van der Waals surface area contributed by atoms with Crippen LogP contribution in [0.5, 0.6) is 0 Å². The normalized spacial score (nSPS) is 20.3. The Balaban J connectivity index is 1.87. The third-order valence-corrected chi connectivity index (χ3v) is 3.53. The van der Waals surface area contributed by atoms with Gasteiger partial charge in [-0.3, -0.25) is 4.79 Å². The summed E-state index contributed by atoms with van der Waals surface area (Å²) in [5.41, 5.74) is 1.38. The first-order chi connectivity index (χ1) is 8.74. The number of piperidine rings is 1. The number of imidazole rings is 1. The van der Waals surface area contributed by atoms with Crippen molar-refractivity contribution in [2.45, 2.75) is 19.8 Å². The maximum absolute atomic E-state index is 12.4. The Labute approximate surface area is 106 Å². The lowest BCUT2D eigenvalue weighted by molar-refractivity contribution is 0.0678. The van der Waals surface area contributed by atoms with Crippen molar-refractivity contribution in [3.05, 3.63) is 36.3 Å². The Morgan fingerprint density at radius 2 is 2.33 bits per heavy atom. The van der Waals surface area contributed by atoms with Crippen molar-refractivity contribution in [3.63, 3.8) is 0 Å². The van der Waals surface area contributed by atoms with E-state index in [1.165, 1.54) is 6.42 Å². The lowest BCUT2D eigenvalue weighted by Gasteiger charge is -2.30. The number of hydrogen-bond acceptors (Lipinski definition) is 2. The first-order valence-electron chi connectivity index (χ1n) is 6.47. The molecule has 1 saturated heterocycles. The van der Waals surface area contributed by atoms with Crippen LogP contribution in [-0.2, 0) is 0 Å². The van der Waals surface area contributed by atoms with Crippen molar-refractivity contribution in [1.82, 2.24) is 14.3 Å². The van der Waals surface area contributed by atoms with Crippen LogP contribution in [0, 0.1) is 5.92 Å². The van der Waals surface area contributed by atoms with Crippen molar-refractivity contribution < 1.29 is 4.79 Å². The molecule has 0 saturated carbocycles. The molecule has 2 aromatic heterocycles. The molecule has 0 aliphatic carbocycles. The van der Waals surface area contributed by atoms with E-state index in [-0.39, 0.29) is 5.91 Å².